The van der Waals surface area contributed by atoms with Gasteiger partial charge in [-0.1, -0.05) is 6.92 Å². The SMILES string of the molecule is CCCN(CC(F)(F)F)c1ncc(C(=O)O)cn1. The Morgan fingerprint density at radius 3 is 2.33 bits per heavy atom. The van der Waals surface area contributed by atoms with Crippen LogP contribution in [-0.4, -0.2) is 40.3 Å². The van der Waals surface area contributed by atoms with Crippen molar-refractivity contribution >= 4 is 11.9 Å². The minimum Gasteiger partial charge on any atom is -0.478 e. The standard InChI is InChI=1S/C10H12F3N3O2/c1-2-3-16(6-10(11,12)13)9-14-4-7(5-15-9)8(17)18/h4-5H,2-3,6H2,1H3,(H,17,18). The van der Waals surface area contributed by atoms with Crippen LogP contribution in [0.15, 0.2) is 12.4 Å². The second-order valence-corrected chi connectivity index (χ2v) is 3.61. The third-order valence-corrected chi connectivity index (χ3v) is 2.03. The fourth-order valence-corrected chi connectivity index (χ4v) is 1.33. The van der Waals surface area contributed by atoms with Crippen molar-refractivity contribution in [3.63, 3.8) is 0 Å². The zero-order chi connectivity index (χ0) is 13.8. The lowest BCUT2D eigenvalue weighted by Crippen LogP contribution is -2.36. The Morgan fingerprint density at radius 2 is 1.94 bits per heavy atom. The first kappa shape index (κ1) is 14.2. The van der Waals surface area contributed by atoms with E-state index in [1.807, 2.05) is 0 Å². The van der Waals surface area contributed by atoms with E-state index in [0.29, 0.717) is 6.42 Å². The minimum atomic E-state index is -4.36. The summed E-state index contributed by atoms with van der Waals surface area (Å²) in [4.78, 5) is 18.8. The number of hydrogen-bond acceptors (Lipinski definition) is 4. The summed E-state index contributed by atoms with van der Waals surface area (Å²) in [5, 5.41) is 8.63. The molecule has 0 aliphatic rings. The second-order valence-electron chi connectivity index (χ2n) is 3.61. The number of rotatable bonds is 5. The molecule has 0 aromatic carbocycles. The van der Waals surface area contributed by atoms with Gasteiger partial charge < -0.3 is 10.0 Å². The number of nitrogens with zero attached hydrogens (tertiary/aromatic N) is 3. The molecular weight excluding hydrogens is 251 g/mol. The minimum absolute atomic E-state index is 0.126. The highest BCUT2D eigenvalue weighted by molar-refractivity contribution is 5.86. The summed E-state index contributed by atoms with van der Waals surface area (Å²) in [6.45, 7) is 0.716. The number of carboxylic acids is 1. The summed E-state index contributed by atoms with van der Waals surface area (Å²) in [6.07, 6.45) is -1.88. The number of carbonyl (C=O) groups is 1. The number of aromatic nitrogens is 2. The number of hydrogen-bond donors (Lipinski definition) is 1. The average molecular weight is 263 g/mol. The van der Waals surface area contributed by atoms with Gasteiger partial charge in [-0.25, -0.2) is 14.8 Å². The number of halogens is 3. The molecule has 0 saturated carbocycles. The number of alkyl halides is 3. The maximum absolute atomic E-state index is 12.3. The highest BCUT2D eigenvalue weighted by Gasteiger charge is 2.31. The van der Waals surface area contributed by atoms with Crippen molar-refractivity contribution in [2.24, 2.45) is 0 Å². The van der Waals surface area contributed by atoms with Crippen molar-refractivity contribution in [1.29, 1.82) is 0 Å². The van der Waals surface area contributed by atoms with Crippen LogP contribution in [-0.2, 0) is 0 Å². The van der Waals surface area contributed by atoms with Crippen molar-refractivity contribution in [3.8, 4) is 0 Å². The van der Waals surface area contributed by atoms with Crippen LogP contribution in [0.25, 0.3) is 0 Å². The summed E-state index contributed by atoms with van der Waals surface area (Å²) in [7, 11) is 0. The van der Waals surface area contributed by atoms with Gasteiger partial charge in [-0.15, -0.1) is 0 Å². The van der Waals surface area contributed by atoms with E-state index in [9.17, 15) is 18.0 Å². The van der Waals surface area contributed by atoms with Gasteiger partial charge in [0, 0.05) is 18.9 Å². The normalized spacial score (nSPS) is 11.3. The topological polar surface area (TPSA) is 66.3 Å². The van der Waals surface area contributed by atoms with Crippen LogP contribution in [0.2, 0.25) is 0 Å². The molecular formula is C10H12F3N3O2. The summed E-state index contributed by atoms with van der Waals surface area (Å²) in [6, 6.07) is 0. The lowest BCUT2D eigenvalue weighted by Gasteiger charge is -2.23. The molecule has 1 rings (SSSR count). The molecule has 0 aliphatic heterocycles. The third-order valence-electron chi connectivity index (χ3n) is 2.03. The van der Waals surface area contributed by atoms with E-state index < -0.39 is 18.7 Å². The largest absolute Gasteiger partial charge is 0.478 e. The van der Waals surface area contributed by atoms with Crippen LogP contribution in [0, 0.1) is 0 Å². The van der Waals surface area contributed by atoms with Gasteiger partial charge in [0.05, 0.1) is 5.56 Å². The van der Waals surface area contributed by atoms with Crippen molar-refractivity contribution < 1.29 is 23.1 Å². The molecule has 0 bridgehead atoms. The molecule has 18 heavy (non-hydrogen) atoms. The molecule has 100 valence electrons. The number of anilines is 1. The van der Waals surface area contributed by atoms with Gasteiger partial charge >= 0.3 is 12.1 Å². The monoisotopic (exact) mass is 263 g/mol. The molecule has 0 saturated heterocycles. The molecule has 1 heterocycles. The molecule has 8 heteroatoms. The van der Waals surface area contributed by atoms with Gasteiger partial charge in [0.25, 0.3) is 0 Å². The number of aromatic carboxylic acids is 1. The molecule has 0 atom stereocenters. The van der Waals surface area contributed by atoms with E-state index in [1.165, 1.54) is 0 Å². The van der Waals surface area contributed by atoms with Gasteiger partial charge in [0.15, 0.2) is 0 Å². The van der Waals surface area contributed by atoms with Gasteiger partial charge in [-0.2, -0.15) is 13.2 Å². The first-order valence-electron chi connectivity index (χ1n) is 5.20. The summed E-state index contributed by atoms with van der Waals surface area (Å²) in [5.74, 6) is -1.35. The fourth-order valence-electron chi connectivity index (χ4n) is 1.33. The Balaban J connectivity index is 2.88. The lowest BCUT2D eigenvalue weighted by atomic mass is 10.3. The Kier molecular flexibility index (Phi) is 4.46. The first-order valence-corrected chi connectivity index (χ1v) is 5.20. The smallest absolute Gasteiger partial charge is 0.406 e. The molecule has 0 fully saturated rings. The zero-order valence-corrected chi connectivity index (χ0v) is 9.61. The van der Waals surface area contributed by atoms with Gasteiger partial charge in [-0.3, -0.25) is 0 Å². The van der Waals surface area contributed by atoms with E-state index in [0.717, 1.165) is 17.3 Å². The highest BCUT2D eigenvalue weighted by atomic mass is 19.4. The Hall–Kier alpha value is -1.86. The molecule has 0 unspecified atom stereocenters. The van der Waals surface area contributed by atoms with Crippen molar-refractivity contribution in [2.45, 2.75) is 19.5 Å². The van der Waals surface area contributed by atoms with Crippen molar-refractivity contribution in [1.82, 2.24) is 9.97 Å². The average Bonchev–Trinajstić information content (AvgIpc) is 2.27. The Morgan fingerprint density at radius 1 is 1.39 bits per heavy atom. The summed E-state index contributed by atoms with van der Waals surface area (Å²) >= 11 is 0. The van der Waals surface area contributed by atoms with Gasteiger partial charge in [0.2, 0.25) is 5.95 Å². The highest BCUT2D eigenvalue weighted by Crippen LogP contribution is 2.19. The second kappa shape index (κ2) is 5.65. The Bertz CT molecular complexity index is 406. The third kappa shape index (κ3) is 4.19. The van der Waals surface area contributed by atoms with E-state index in [4.69, 9.17) is 5.11 Å². The number of carboxylic acid groups (broad SMARTS) is 1. The maximum Gasteiger partial charge on any atom is 0.406 e. The summed E-state index contributed by atoms with van der Waals surface area (Å²) in [5.41, 5.74) is -0.165. The van der Waals surface area contributed by atoms with Crippen LogP contribution in [0.4, 0.5) is 19.1 Å². The molecule has 5 nitrogen and oxygen atoms in total. The first-order chi connectivity index (χ1) is 8.33. The van der Waals surface area contributed by atoms with Crippen LogP contribution >= 0.6 is 0 Å². The zero-order valence-electron chi connectivity index (χ0n) is 9.61. The quantitative estimate of drug-likeness (QED) is 0.879. The molecule has 0 aliphatic carbocycles. The van der Waals surface area contributed by atoms with Crippen molar-refractivity contribution in [3.05, 3.63) is 18.0 Å². The molecule has 1 N–H and O–H groups in total. The maximum atomic E-state index is 12.3. The summed E-state index contributed by atoms with van der Waals surface area (Å²) < 4.78 is 37.0. The van der Waals surface area contributed by atoms with Crippen LogP contribution < -0.4 is 4.90 Å². The van der Waals surface area contributed by atoms with Gasteiger partial charge in [-0.05, 0) is 6.42 Å². The van der Waals surface area contributed by atoms with Crippen LogP contribution in [0.3, 0.4) is 0 Å². The molecule has 1 aromatic rings. The van der Waals surface area contributed by atoms with Crippen molar-refractivity contribution in [2.75, 3.05) is 18.0 Å². The lowest BCUT2D eigenvalue weighted by molar-refractivity contribution is -0.119. The predicted octanol–water partition coefficient (Wildman–Crippen LogP) is 1.95. The van der Waals surface area contributed by atoms with Crippen LogP contribution in [0.5, 0.6) is 0 Å². The van der Waals surface area contributed by atoms with E-state index in [1.54, 1.807) is 6.92 Å². The predicted molar refractivity (Wildman–Crippen MR) is 57.6 cm³/mol. The van der Waals surface area contributed by atoms with E-state index in [2.05, 4.69) is 9.97 Å². The fraction of sp³-hybridized carbons (Fsp3) is 0.500. The molecule has 0 amide bonds. The van der Waals surface area contributed by atoms with E-state index in [-0.39, 0.29) is 18.1 Å². The Labute approximate surface area is 101 Å². The van der Waals surface area contributed by atoms with E-state index >= 15 is 0 Å². The molecule has 0 radical (unpaired) electrons. The molecule has 1 aromatic heterocycles. The van der Waals surface area contributed by atoms with Gasteiger partial charge in [0.1, 0.15) is 6.54 Å². The van der Waals surface area contributed by atoms with Crippen LogP contribution in [0.1, 0.15) is 23.7 Å². The molecule has 0 spiro atoms.